The lowest BCUT2D eigenvalue weighted by atomic mass is 9.97. The lowest BCUT2D eigenvalue weighted by Gasteiger charge is -2.20. The van der Waals surface area contributed by atoms with Crippen LogP contribution in [0.4, 0.5) is 5.69 Å². The minimum Gasteiger partial charge on any atom is -0.481 e. The second kappa shape index (κ2) is 8.34. The number of carboxylic acid groups (broad SMARTS) is 1. The van der Waals surface area contributed by atoms with Crippen LogP contribution in [-0.2, 0) is 14.4 Å². The van der Waals surface area contributed by atoms with E-state index in [4.69, 9.17) is 0 Å². The van der Waals surface area contributed by atoms with E-state index in [1.807, 2.05) is 45.9 Å². The van der Waals surface area contributed by atoms with Crippen LogP contribution in [0.2, 0.25) is 0 Å². The second-order valence-corrected chi connectivity index (χ2v) is 7.53. The van der Waals surface area contributed by atoms with Crippen molar-refractivity contribution in [2.45, 2.75) is 40.5 Å². The summed E-state index contributed by atoms with van der Waals surface area (Å²) in [5.41, 5.74) is 2.97. The molecule has 6 nitrogen and oxygen atoms in total. The topological polar surface area (TPSA) is 86.7 Å². The molecule has 2 N–H and O–H groups in total. The number of benzene rings is 1. The number of carbonyl (C=O) groups excluding carboxylic acids is 2. The molecule has 2 unspecified atom stereocenters. The van der Waals surface area contributed by atoms with Gasteiger partial charge in [0, 0.05) is 25.2 Å². The van der Waals surface area contributed by atoms with Crippen molar-refractivity contribution in [2.24, 2.45) is 17.8 Å². The first-order valence-electron chi connectivity index (χ1n) is 9.07. The Hall–Kier alpha value is -2.37. The maximum atomic E-state index is 12.4. The molecule has 2 atom stereocenters. The van der Waals surface area contributed by atoms with Gasteiger partial charge in [0.25, 0.3) is 0 Å². The average molecular weight is 360 g/mol. The molecule has 1 heterocycles. The van der Waals surface area contributed by atoms with E-state index in [1.165, 1.54) is 0 Å². The normalized spacial score (nSPS) is 18.3. The monoisotopic (exact) mass is 360 g/mol. The first-order valence-corrected chi connectivity index (χ1v) is 9.07. The van der Waals surface area contributed by atoms with Gasteiger partial charge in [0.15, 0.2) is 0 Å². The predicted octanol–water partition coefficient (Wildman–Crippen LogP) is 2.52. The molecule has 0 radical (unpaired) electrons. The smallest absolute Gasteiger partial charge is 0.308 e. The van der Waals surface area contributed by atoms with Gasteiger partial charge >= 0.3 is 5.97 Å². The molecular formula is C20H28N2O4. The third-order valence-electron chi connectivity index (χ3n) is 4.99. The number of nitrogens with one attached hydrogen (secondary N) is 1. The van der Waals surface area contributed by atoms with E-state index < -0.39 is 17.8 Å². The van der Waals surface area contributed by atoms with Crippen molar-refractivity contribution in [2.75, 3.05) is 18.0 Å². The number of anilines is 1. The van der Waals surface area contributed by atoms with Gasteiger partial charge in [-0.25, -0.2) is 0 Å². The molecule has 2 rings (SSSR count). The Balaban J connectivity index is 2.00. The van der Waals surface area contributed by atoms with Crippen molar-refractivity contribution in [1.82, 2.24) is 5.32 Å². The lowest BCUT2D eigenvalue weighted by molar-refractivity contribution is -0.142. The SMILES string of the molecule is Cc1cccc(N2CC(C(=O)NCC(CC(C)C)C(=O)O)CC2=O)c1C. The number of amides is 2. The molecule has 2 amide bonds. The van der Waals surface area contributed by atoms with Crippen molar-refractivity contribution in [1.29, 1.82) is 0 Å². The van der Waals surface area contributed by atoms with Gasteiger partial charge in [0.2, 0.25) is 11.8 Å². The van der Waals surface area contributed by atoms with Crippen molar-refractivity contribution >= 4 is 23.5 Å². The van der Waals surface area contributed by atoms with Gasteiger partial charge in [0.1, 0.15) is 0 Å². The second-order valence-electron chi connectivity index (χ2n) is 7.53. The summed E-state index contributed by atoms with van der Waals surface area (Å²) < 4.78 is 0. The van der Waals surface area contributed by atoms with Crippen molar-refractivity contribution in [3.05, 3.63) is 29.3 Å². The predicted molar refractivity (Wildman–Crippen MR) is 100.0 cm³/mol. The zero-order chi connectivity index (χ0) is 19.4. The van der Waals surface area contributed by atoms with E-state index in [2.05, 4.69) is 5.32 Å². The summed E-state index contributed by atoms with van der Waals surface area (Å²) in [6.45, 7) is 8.29. The largest absolute Gasteiger partial charge is 0.481 e. The maximum absolute atomic E-state index is 12.4. The maximum Gasteiger partial charge on any atom is 0.308 e. The number of nitrogens with zero attached hydrogens (tertiary/aromatic N) is 1. The minimum atomic E-state index is -0.904. The van der Waals surface area contributed by atoms with E-state index >= 15 is 0 Å². The van der Waals surface area contributed by atoms with Crippen LogP contribution in [0.3, 0.4) is 0 Å². The fraction of sp³-hybridized carbons (Fsp3) is 0.550. The van der Waals surface area contributed by atoms with Crippen LogP contribution in [0.25, 0.3) is 0 Å². The molecule has 1 aliphatic rings. The average Bonchev–Trinajstić information content (AvgIpc) is 2.95. The lowest BCUT2D eigenvalue weighted by Crippen LogP contribution is -2.38. The molecule has 1 aliphatic heterocycles. The van der Waals surface area contributed by atoms with Gasteiger partial charge in [-0.1, -0.05) is 26.0 Å². The number of aliphatic carboxylic acids is 1. The summed E-state index contributed by atoms with van der Waals surface area (Å²) in [6, 6.07) is 5.79. The van der Waals surface area contributed by atoms with Crippen LogP contribution in [0.5, 0.6) is 0 Å². The molecule has 1 aromatic carbocycles. The van der Waals surface area contributed by atoms with Crippen LogP contribution in [0.1, 0.15) is 37.8 Å². The number of carbonyl (C=O) groups is 3. The molecule has 142 valence electrons. The number of hydrogen-bond donors (Lipinski definition) is 2. The van der Waals surface area contributed by atoms with Gasteiger partial charge in [-0.05, 0) is 43.4 Å². The van der Waals surface area contributed by atoms with Gasteiger partial charge in [-0.3, -0.25) is 14.4 Å². The summed E-state index contributed by atoms with van der Waals surface area (Å²) in [6.07, 6.45) is 0.662. The van der Waals surface area contributed by atoms with Crippen LogP contribution < -0.4 is 10.2 Å². The van der Waals surface area contributed by atoms with Crippen LogP contribution >= 0.6 is 0 Å². The Morgan fingerprint density at radius 3 is 2.62 bits per heavy atom. The van der Waals surface area contributed by atoms with Gasteiger partial charge in [-0.15, -0.1) is 0 Å². The third kappa shape index (κ3) is 4.62. The van der Waals surface area contributed by atoms with Crippen LogP contribution in [0.15, 0.2) is 18.2 Å². The van der Waals surface area contributed by atoms with Gasteiger partial charge in [-0.2, -0.15) is 0 Å². The summed E-state index contributed by atoms with van der Waals surface area (Å²) in [5.74, 6) is -2.04. The van der Waals surface area contributed by atoms with Gasteiger partial charge < -0.3 is 15.3 Å². The Morgan fingerprint density at radius 2 is 2.00 bits per heavy atom. The number of aryl methyl sites for hydroxylation is 1. The quantitative estimate of drug-likeness (QED) is 0.782. The van der Waals surface area contributed by atoms with Crippen molar-refractivity contribution < 1.29 is 19.5 Å². The van der Waals surface area contributed by atoms with Crippen molar-refractivity contribution in [3.63, 3.8) is 0 Å². The van der Waals surface area contributed by atoms with E-state index in [9.17, 15) is 19.5 Å². The highest BCUT2D eigenvalue weighted by molar-refractivity contribution is 6.01. The number of carboxylic acids is 1. The number of hydrogen-bond acceptors (Lipinski definition) is 3. The molecule has 0 saturated carbocycles. The molecule has 6 heteroatoms. The standard InChI is InChI=1S/C20H28N2O4/c1-12(2)8-15(20(25)26)10-21-19(24)16-9-18(23)22(11-16)17-7-5-6-13(3)14(17)4/h5-7,12,15-16H,8-11H2,1-4H3,(H,21,24)(H,25,26). The van der Waals surface area contributed by atoms with E-state index in [1.54, 1.807) is 4.90 Å². The van der Waals surface area contributed by atoms with Crippen LogP contribution in [0, 0.1) is 31.6 Å². The minimum absolute atomic E-state index is 0.0733. The summed E-state index contributed by atoms with van der Waals surface area (Å²) >= 11 is 0. The Morgan fingerprint density at radius 1 is 1.31 bits per heavy atom. The Bertz CT molecular complexity index is 699. The zero-order valence-electron chi connectivity index (χ0n) is 15.9. The van der Waals surface area contributed by atoms with Crippen LogP contribution in [-0.4, -0.2) is 36.0 Å². The summed E-state index contributed by atoms with van der Waals surface area (Å²) in [7, 11) is 0. The zero-order valence-corrected chi connectivity index (χ0v) is 15.9. The summed E-state index contributed by atoms with van der Waals surface area (Å²) in [4.78, 5) is 37.8. The van der Waals surface area contributed by atoms with E-state index in [-0.39, 0.29) is 30.7 Å². The Kier molecular flexibility index (Phi) is 6.40. The molecule has 1 saturated heterocycles. The van der Waals surface area contributed by atoms with E-state index in [0.29, 0.717) is 13.0 Å². The molecule has 0 spiro atoms. The Labute approximate surface area is 154 Å². The highest BCUT2D eigenvalue weighted by Gasteiger charge is 2.36. The highest BCUT2D eigenvalue weighted by atomic mass is 16.4. The third-order valence-corrected chi connectivity index (χ3v) is 4.99. The fourth-order valence-corrected chi connectivity index (χ4v) is 3.35. The highest BCUT2D eigenvalue weighted by Crippen LogP contribution is 2.29. The molecule has 0 aliphatic carbocycles. The first kappa shape index (κ1) is 19.9. The van der Waals surface area contributed by atoms with E-state index in [0.717, 1.165) is 16.8 Å². The molecule has 1 fully saturated rings. The molecular weight excluding hydrogens is 332 g/mol. The molecule has 26 heavy (non-hydrogen) atoms. The van der Waals surface area contributed by atoms with Gasteiger partial charge in [0.05, 0.1) is 11.8 Å². The molecule has 0 aromatic heterocycles. The first-order chi connectivity index (χ1) is 12.2. The molecule has 0 bridgehead atoms. The molecule has 1 aromatic rings. The van der Waals surface area contributed by atoms with Crippen molar-refractivity contribution in [3.8, 4) is 0 Å². The number of rotatable bonds is 7. The summed E-state index contributed by atoms with van der Waals surface area (Å²) in [5, 5.41) is 12.0. The fourth-order valence-electron chi connectivity index (χ4n) is 3.35.